The van der Waals surface area contributed by atoms with E-state index in [1.54, 1.807) is 0 Å². The summed E-state index contributed by atoms with van der Waals surface area (Å²) in [5.74, 6) is 0. The molecule has 2 rings (SSSR count). The number of nitrogens with one attached hydrogen (secondary N) is 2. The lowest BCUT2D eigenvalue weighted by molar-refractivity contribution is 0.105. The van der Waals surface area contributed by atoms with Gasteiger partial charge in [-0.3, -0.25) is 4.98 Å². The highest BCUT2D eigenvalue weighted by molar-refractivity contribution is 5.55. The van der Waals surface area contributed by atoms with Gasteiger partial charge in [-0.05, 0) is 32.8 Å². The fourth-order valence-corrected chi connectivity index (χ4v) is 2.20. The topological polar surface area (TPSA) is 46.2 Å². The van der Waals surface area contributed by atoms with E-state index in [4.69, 9.17) is 4.74 Å². The van der Waals surface area contributed by atoms with Gasteiger partial charge in [0, 0.05) is 13.2 Å². The molecule has 0 spiro atoms. The number of rotatable bonds is 5. The summed E-state index contributed by atoms with van der Waals surface area (Å²) in [6.45, 7) is 8.28. The molecule has 2 N–H and O–H groups in total. The van der Waals surface area contributed by atoms with E-state index in [1.165, 1.54) is 0 Å². The molecule has 0 aliphatic carbocycles. The second kappa shape index (κ2) is 5.57. The Morgan fingerprint density at radius 1 is 1.44 bits per heavy atom. The van der Waals surface area contributed by atoms with Crippen LogP contribution < -0.4 is 10.6 Å². The zero-order valence-electron chi connectivity index (χ0n) is 11.5. The SMILES string of the molecule is CCCNc1cncc(NC2(C)CCOC2C)c1. The number of anilines is 2. The number of nitrogens with zero attached hydrogens (tertiary/aromatic N) is 1. The monoisotopic (exact) mass is 249 g/mol. The van der Waals surface area contributed by atoms with E-state index in [-0.39, 0.29) is 11.6 Å². The smallest absolute Gasteiger partial charge is 0.0774 e. The van der Waals surface area contributed by atoms with Crippen LogP contribution in [-0.4, -0.2) is 29.8 Å². The lowest BCUT2D eigenvalue weighted by atomic mass is 9.94. The first-order valence-corrected chi connectivity index (χ1v) is 6.73. The minimum absolute atomic E-state index is 0.00502. The standard InChI is InChI=1S/C14H23N3O/c1-4-6-16-12-8-13(10-15-9-12)17-14(3)5-7-18-11(14)2/h8-11,16-17H,4-7H2,1-3H3. The van der Waals surface area contributed by atoms with Gasteiger partial charge >= 0.3 is 0 Å². The maximum Gasteiger partial charge on any atom is 0.0774 e. The lowest BCUT2D eigenvalue weighted by Crippen LogP contribution is -2.41. The van der Waals surface area contributed by atoms with Crippen molar-refractivity contribution >= 4 is 11.4 Å². The number of aromatic nitrogens is 1. The van der Waals surface area contributed by atoms with Gasteiger partial charge in [0.05, 0.1) is 35.4 Å². The van der Waals surface area contributed by atoms with Gasteiger partial charge in [-0.2, -0.15) is 0 Å². The predicted octanol–water partition coefficient (Wildman–Crippen LogP) is 2.88. The van der Waals surface area contributed by atoms with E-state index in [0.717, 1.165) is 37.4 Å². The number of hydrogen-bond acceptors (Lipinski definition) is 4. The van der Waals surface area contributed by atoms with E-state index in [0.29, 0.717) is 0 Å². The van der Waals surface area contributed by atoms with Gasteiger partial charge in [0.25, 0.3) is 0 Å². The highest BCUT2D eigenvalue weighted by Gasteiger charge is 2.36. The lowest BCUT2D eigenvalue weighted by Gasteiger charge is -2.30. The largest absolute Gasteiger partial charge is 0.384 e. The normalized spacial score (nSPS) is 27.2. The van der Waals surface area contributed by atoms with E-state index in [2.05, 4.69) is 42.5 Å². The second-order valence-electron chi connectivity index (χ2n) is 5.19. The molecular weight excluding hydrogens is 226 g/mol. The van der Waals surface area contributed by atoms with Crippen LogP contribution in [0.4, 0.5) is 11.4 Å². The molecule has 4 heteroatoms. The van der Waals surface area contributed by atoms with Crippen molar-refractivity contribution in [2.75, 3.05) is 23.8 Å². The molecule has 0 radical (unpaired) electrons. The molecule has 0 bridgehead atoms. The van der Waals surface area contributed by atoms with Crippen LogP contribution in [0.3, 0.4) is 0 Å². The van der Waals surface area contributed by atoms with Gasteiger partial charge in [0.1, 0.15) is 0 Å². The number of pyridine rings is 1. The Morgan fingerprint density at radius 3 is 2.89 bits per heavy atom. The molecule has 0 saturated carbocycles. The minimum atomic E-state index is 0.00502. The summed E-state index contributed by atoms with van der Waals surface area (Å²) in [5.41, 5.74) is 2.12. The molecule has 1 saturated heterocycles. The van der Waals surface area contributed by atoms with Crippen LogP contribution in [-0.2, 0) is 4.74 Å². The molecule has 2 heterocycles. The molecule has 1 aromatic heterocycles. The average molecular weight is 249 g/mol. The van der Waals surface area contributed by atoms with Crippen molar-refractivity contribution in [2.24, 2.45) is 0 Å². The molecule has 0 aromatic carbocycles. The van der Waals surface area contributed by atoms with Crippen LogP contribution in [0.5, 0.6) is 0 Å². The van der Waals surface area contributed by atoms with Crippen LogP contribution in [0.2, 0.25) is 0 Å². The second-order valence-corrected chi connectivity index (χ2v) is 5.19. The van der Waals surface area contributed by atoms with Gasteiger partial charge in [-0.15, -0.1) is 0 Å². The zero-order valence-corrected chi connectivity index (χ0v) is 11.5. The maximum atomic E-state index is 5.64. The molecule has 100 valence electrons. The van der Waals surface area contributed by atoms with Crippen molar-refractivity contribution < 1.29 is 4.74 Å². The highest BCUT2D eigenvalue weighted by atomic mass is 16.5. The Bertz CT molecular complexity index is 396. The third-order valence-electron chi connectivity index (χ3n) is 3.63. The molecule has 4 nitrogen and oxygen atoms in total. The van der Waals surface area contributed by atoms with Crippen molar-refractivity contribution in [3.05, 3.63) is 18.5 Å². The van der Waals surface area contributed by atoms with Crippen LogP contribution in [0.1, 0.15) is 33.6 Å². The van der Waals surface area contributed by atoms with Crippen LogP contribution in [0, 0.1) is 0 Å². The molecule has 2 unspecified atom stereocenters. The summed E-state index contributed by atoms with van der Waals surface area (Å²) in [6.07, 6.45) is 6.09. The van der Waals surface area contributed by atoms with Gasteiger partial charge in [-0.25, -0.2) is 0 Å². The van der Waals surface area contributed by atoms with E-state index < -0.39 is 0 Å². The molecule has 1 aliphatic rings. The first-order chi connectivity index (χ1) is 8.64. The van der Waals surface area contributed by atoms with Crippen LogP contribution in [0.25, 0.3) is 0 Å². The summed E-state index contributed by atoms with van der Waals surface area (Å²) >= 11 is 0. The van der Waals surface area contributed by atoms with Gasteiger partial charge in [-0.1, -0.05) is 6.92 Å². The summed E-state index contributed by atoms with van der Waals surface area (Å²) in [4.78, 5) is 4.27. The highest BCUT2D eigenvalue weighted by Crippen LogP contribution is 2.29. The van der Waals surface area contributed by atoms with E-state index in [9.17, 15) is 0 Å². The fraction of sp³-hybridized carbons (Fsp3) is 0.643. The van der Waals surface area contributed by atoms with Gasteiger partial charge in [0.2, 0.25) is 0 Å². The minimum Gasteiger partial charge on any atom is -0.384 e. The third-order valence-corrected chi connectivity index (χ3v) is 3.63. The fourth-order valence-electron chi connectivity index (χ4n) is 2.20. The van der Waals surface area contributed by atoms with Gasteiger partial charge in [0.15, 0.2) is 0 Å². The quantitative estimate of drug-likeness (QED) is 0.842. The molecule has 0 amide bonds. The summed E-state index contributed by atoms with van der Waals surface area (Å²) < 4.78 is 5.64. The van der Waals surface area contributed by atoms with Gasteiger partial charge < -0.3 is 15.4 Å². The first-order valence-electron chi connectivity index (χ1n) is 6.73. The Balaban J connectivity index is 2.04. The van der Waals surface area contributed by atoms with Crippen LogP contribution in [0.15, 0.2) is 18.5 Å². The van der Waals surface area contributed by atoms with E-state index >= 15 is 0 Å². The molecular formula is C14H23N3O. The zero-order chi connectivity index (χ0) is 13.0. The predicted molar refractivity (Wildman–Crippen MR) is 75.1 cm³/mol. The molecule has 1 aliphatic heterocycles. The molecule has 2 atom stereocenters. The summed E-state index contributed by atoms with van der Waals surface area (Å²) in [7, 11) is 0. The van der Waals surface area contributed by atoms with Crippen molar-refractivity contribution in [1.82, 2.24) is 4.98 Å². The van der Waals surface area contributed by atoms with Crippen molar-refractivity contribution in [2.45, 2.75) is 45.3 Å². The van der Waals surface area contributed by atoms with E-state index in [1.807, 2.05) is 12.4 Å². The first kappa shape index (κ1) is 13.1. The Morgan fingerprint density at radius 2 is 2.22 bits per heavy atom. The number of hydrogen-bond donors (Lipinski definition) is 2. The van der Waals surface area contributed by atoms with Crippen molar-refractivity contribution in [1.29, 1.82) is 0 Å². The summed E-state index contributed by atoms with van der Waals surface area (Å²) in [6, 6.07) is 2.11. The number of ether oxygens (including phenoxy) is 1. The maximum absolute atomic E-state index is 5.64. The molecule has 1 aromatic rings. The Hall–Kier alpha value is -1.29. The molecule has 18 heavy (non-hydrogen) atoms. The van der Waals surface area contributed by atoms with Crippen LogP contribution >= 0.6 is 0 Å². The summed E-state index contributed by atoms with van der Waals surface area (Å²) in [5, 5.41) is 6.91. The average Bonchev–Trinajstić information content (AvgIpc) is 2.67. The Labute approximate surface area is 109 Å². The van der Waals surface area contributed by atoms with Crippen molar-refractivity contribution in [3.63, 3.8) is 0 Å². The third kappa shape index (κ3) is 2.93. The molecule has 1 fully saturated rings. The Kier molecular flexibility index (Phi) is 4.07. The van der Waals surface area contributed by atoms with Crippen molar-refractivity contribution in [3.8, 4) is 0 Å².